The van der Waals surface area contributed by atoms with E-state index in [4.69, 9.17) is 15.9 Å². The van der Waals surface area contributed by atoms with Gasteiger partial charge in [-0.25, -0.2) is 4.98 Å². The number of aromatic nitrogens is 1. The zero-order chi connectivity index (χ0) is 11.8. The molecule has 1 saturated carbocycles. The molecule has 1 fully saturated rings. The monoisotopic (exact) mass is 241 g/mol. The fraction of sp³-hybridized carbons (Fsp3) is 0.600. The van der Waals surface area contributed by atoms with E-state index in [1.54, 1.807) is 6.26 Å². The lowest BCUT2D eigenvalue weighted by atomic mass is 9.96. The Morgan fingerprint density at radius 3 is 2.88 bits per heavy atom. The minimum absolute atomic E-state index is 0.216. The Bertz CT molecular complexity index is 403. The molecule has 1 aliphatic rings. The number of nitrogens with zero attached hydrogens (tertiary/aromatic N) is 1. The number of hydrogen-bond donors (Lipinski definition) is 2. The molecular weight excluding hydrogens is 226 g/mol. The van der Waals surface area contributed by atoms with Crippen LogP contribution in [-0.4, -0.2) is 22.2 Å². The molecule has 4 N–H and O–H groups in total. The summed E-state index contributed by atoms with van der Waals surface area (Å²) in [5.41, 5.74) is 11.3. The van der Waals surface area contributed by atoms with Crippen molar-refractivity contribution in [1.29, 1.82) is 0 Å². The first-order chi connectivity index (χ1) is 7.52. The number of aryl methyl sites for hydroxylation is 1. The highest BCUT2D eigenvalue weighted by atomic mass is 32.2. The molecule has 16 heavy (non-hydrogen) atoms. The number of nitrogens with two attached hydrogens (primary N) is 2. The Morgan fingerprint density at radius 2 is 2.44 bits per heavy atom. The first-order valence-electron chi connectivity index (χ1n) is 5.16. The van der Waals surface area contributed by atoms with E-state index in [0.717, 1.165) is 18.5 Å². The van der Waals surface area contributed by atoms with Crippen LogP contribution in [0.3, 0.4) is 0 Å². The van der Waals surface area contributed by atoms with Gasteiger partial charge in [-0.05, 0) is 25.7 Å². The highest BCUT2D eigenvalue weighted by molar-refractivity contribution is 7.99. The SMILES string of the molecule is Cc1coc(SCC(N)(C(N)=O)C2CC2)n1. The highest BCUT2D eigenvalue weighted by Gasteiger charge is 2.47. The van der Waals surface area contributed by atoms with Crippen LogP contribution in [0.5, 0.6) is 0 Å². The molecule has 1 aromatic rings. The van der Waals surface area contributed by atoms with Gasteiger partial charge in [0.25, 0.3) is 5.22 Å². The van der Waals surface area contributed by atoms with E-state index >= 15 is 0 Å². The van der Waals surface area contributed by atoms with Crippen molar-refractivity contribution in [2.75, 3.05) is 5.75 Å². The Hall–Kier alpha value is -1.01. The summed E-state index contributed by atoms with van der Waals surface area (Å²) in [4.78, 5) is 15.5. The minimum Gasteiger partial charge on any atom is -0.440 e. The number of thioether (sulfide) groups is 1. The Labute approximate surface area is 98.0 Å². The van der Waals surface area contributed by atoms with Gasteiger partial charge in [-0.2, -0.15) is 0 Å². The third-order valence-electron chi connectivity index (χ3n) is 2.80. The summed E-state index contributed by atoms with van der Waals surface area (Å²) in [5.74, 6) is 0.201. The van der Waals surface area contributed by atoms with Gasteiger partial charge in [0, 0.05) is 5.75 Å². The van der Waals surface area contributed by atoms with Crippen molar-refractivity contribution in [3.8, 4) is 0 Å². The molecule has 1 aliphatic carbocycles. The lowest BCUT2D eigenvalue weighted by Gasteiger charge is -2.24. The molecule has 0 aromatic carbocycles. The lowest BCUT2D eigenvalue weighted by Crippen LogP contribution is -2.56. The fourth-order valence-corrected chi connectivity index (χ4v) is 2.63. The lowest BCUT2D eigenvalue weighted by molar-refractivity contribution is -0.123. The van der Waals surface area contributed by atoms with E-state index in [0.29, 0.717) is 11.0 Å². The second-order valence-corrected chi connectivity index (χ2v) is 5.15. The van der Waals surface area contributed by atoms with Crippen molar-refractivity contribution in [2.24, 2.45) is 17.4 Å². The zero-order valence-electron chi connectivity index (χ0n) is 9.10. The Kier molecular flexibility index (Phi) is 2.94. The van der Waals surface area contributed by atoms with E-state index in [9.17, 15) is 4.79 Å². The quantitative estimate of drug-likeness (QED) is 0.739. The van der Waals surface area contributed by atoms with Crippen LogP contribution in [0.25, 0.3) is 0 Å². The summed E-state index contributed by atoms with van der Waals surface area (Å²) >= 11 is 1.34. The third-order valence-corrected chi connectivity index (χ3v) is 3.85. The zero-order valence-corrected chi connectivity index (χ0v) is 9.92. The predicted octanol–water partition coefficient (Wildman–Crippen LogP) is 0.668. The van der Waals surface area contributed by atoms with Crippen molar-refractivity contribution < 1.29 is 9.21 Å². The molecule has 1 aromatic heterocycles. The first-order valence-corrected chi connectivity index (χ1v) is 6.14. The maximum absolute atomic E-state index is 11.4. The fourth-order valence-electron chi connectivity index (χ4n) is 1.57. The summed E-state index contributed by atoms with van der Waals surface area (Å²) in [6, 6.07) is 0. The van der Waals surface area contributed by atoms with Crippen molar-refractivity contribution >= 4 is 17.7 Å². The maximum Gasteiger partial charge on any atom is 0.255 e. The summed E-state index contributed by atoms with van der Waals surface area (Å²) < 4.78 is 5.18. The third kappa shape index (κ3) is 2.22. The smallest absolute Gasteiger partial charge is 0.255 e. The molecule has 1 unspecified atom stereocenters. The van der Waals surface area contributed by atoms with Crippen molar-refractivity contribution in [3.05, 3.63) is 12.0 Å². The first kappa shape index (κ1) is 11.5. The average Bonchev–Trinajstić information content (AvgIpc) is 2.99. The Balaban J connectivity index is 1.99. The van der Waals surface area contributed by atoms with E-state index in [-0.39, 0.29) is 5.92 Å². The van der Waals surface area contributed by atoms with Gasteiger partial charge in [0.05, 0.1) is 5.69 Å². The topological polar surface area (TPSA) is 95.1 Å². The van der Waals surface area contributed by atoms with Crippen LogP contribution in [0.4, 0.5) is 0 Å². The van der Waals surface area contributed by atoms with Gasteiger partial charge in [0.15, 0.2) is 0 Å². The molecule has 6 heteroatoms. The van der Waals surface area contributed by atoms with Crippen LogP contribution >= 0.6 is 11.8 Å². The van der Waals surface area contributed by atoms with Crippen LogP contribution in [0.1, 0.15) is 18.5 Å². The number of rotatable bonds is 5. The van der Waals surface area contributed by atoms with Gasteiger partial charge in [-0.3, -0.25) is 4.79 Å². The highest BCUT2D eigenvalue weighted by Crippen LogP contribution is 2.40. The van der Waals surface area contributed by atoms with Gasteiger partial charge in [-0.15, -0.1) is 0 Å². The minimum atomic E-state index is -0.924. The van der Waals surface area contributed by atoms with Gasteiger partial charge in [0.1, 0.15) is 11.8 Å². The van der Waals surface area contributed by atoms with E-state index < -0.39 is 11.4 Å². The summed E-state index contributed by atoms with van der Waals surface area (Å²) in [7, 11) is 0. The summed E-state index contributed by atoms with van der Waals surface area (Å²) in [6.07, 6.45) is 3.52. The van der Waals surface area contributed by atoms with Crippen LogP contribution in [0.2, 0.25) is 0 Å². The molecule has 1 heterocycles. The molecule has 88 valence electrons. The van der Waals surface area contributed by atoms with E-state index in [1.807, 2.05) is 6.92 Å². The van der Waals surface area contributed by atoms with Crippen molar-refractivity contribution in [1.82, 2.24) is 4.98 Å². The van der Waals surface area contributed by atoms with Crippen LogP contribution < -0.4 is 11.5 Å². The van der Waals surface area contributed by atoms with Crippen LogP contribution in [0, 0.1) is 12.8 Å². The normalized spacial score (nSPS) is 19.4. The maximum atomic E-state index is 11.4. The molecule has 0 spiro atoms. The molecule has 0 aliphatic heterocycles. The molecule has 2 rings (SSSR count). The largest absolute Gasteiger partial charge is 0.440 e. The standard InChI is InChI=1S/C10H15N3O2S/c1-6-4-15-9(13-6)16-5-10(12,8(11)14)7-2-3-7/h4,7H,2-3,5,12H2,1H3,(H2,11,14). The second kappa shape index (κ2) is 4.10. The number of oxazole rings is 1. The number of carbonyl (C=O) groups excluding carboxylic acids is 1. The molecule has 1 atom stereocenters. The predicted molar refractivity (Wildman–Crippen MR) is 60.8 cm³/mol. The molecule has 0 bridgehead atoms. The van der Waals surface area contributed by atoms with Gasteiger partial charge >= 0.3 is 0 Å². The number of primary amides is 1. The van der Waals surface area contributed by atoms with E-state index in [2.05, 4.69) is 4.98 Å². The summed E-state index contributed by atoms with van der Waals surface area (Å²) in [5, 5.41) is 0.536. The number of amides is 1. The van der Waals surface area contributed by atoms with Gasteiger partial charge in [0.2, 0.25) is 5.91 Å². The average molecular weight is 241 g/mol. The van der Waals surface area contributed by atoms with Crippen molar-refractivity contribution in [3.63, 3.8) is 0 Å². The Morgan fingerprint density at radius 1 is 1.75 bits per heavy atom. The van der Waals surface area contributed by atoms with Gasteiger partial charge < -0.3 is 15.9 Å². The second-order valence-electron chi connectivity index (χ2n) is 4.22. The molecule has 0 radical (unpaired) electrons. The van der Waals surface area contributed by atoms with Crippen molar-refractivity contribution in [2.45, 2.75) is 30.5 Å². The molecule has 0 saturated heterocycles. The van der Waals surface area contributed by atoms with Crippen LogP contribution in [-0.2, 0) is 4.79 Å². The van der Waals surface area contributed by atoms with Gasteiger partial charge in [-0.1, -0.05) is 11.8 Å². The molecular formula is C10H15N3O2S. The summed E-state index contributed by atoms with van der Waals surface area (Å²) in [6.45, 7) is 1.85. The number of hydrogen-bond acceptors (Lipinski definition) is 5. The molecule has 5 nitrogen and oxygen atoms in total. The van der Waals surface area contributed by atoms with Crippen LogP contribution in [0.15, 0.2) is 15.9 Å². The van der Waals surface area contributed by atoms with E-state index in [1.165, 1.54) is 11.8 Å². The molecule has 1 amide bonds. The number of carbonyl (C=O) groups is 1.